The van der Waals surface area contributed by atoms with E-state index in [0.717, 1.165) is 17.7 Å². The van der Waals surface area contributed by atoms with Gasteiger partial charge in [0.15, 0.2) is 0 Å². The van der Waals surface area contributed by atoms with Crippen LogP contribution in [0, 0.1) is 17.8 Å². The molecule has 0 saturated carbocycles. The van der Waals surface area contributed by atoms with Gasteiger partial charge in [0.1, 0.15) is 5.54 Å². The van der Waals surface area contributed by atoms with Crippen LogP contribution in [0.3, 0.4) is 0 Å². The Labute approximate surface area is 159 Å². The molecular weight excluding hydrogens is 342 g/mol. The quantitative estimate of drug-likeness (QED) is 0.798. The second kappa shape index (κ2) is 6.16. The number of anilines is 1. The number of benzene rings is 1. The Morgan fingerprint density at radius 2 is 1.81 bits per heavy atom. The van der Waals surface area contributed by atoms with Crippen molar-refractivity contribution in [2.24, 2.45) is 17.8 Å². The minimum atomic E-state index is -1.16. The number of fused-ring (bicyclic) bond motifs is 4. The van der Waals surface area contributed by atoms with Gasteiger partial charge >= 0.3 is 0 Å². The van der Waals surface area contributed by atoms with Gasteiger partial charge in [-0.3, -0.25) is 24.6 Å². The first-order chi connectivity index (χ1) is 12.8. The Bertz CT molecular complexity index is 821. The van der Waals surface area contributed by atoms with Gasteiger partial charge in [0, 0.05) is 23.3 Å². The summed E-state index contributed by atoms with van der Waals surface area (Å²) in [6, 6.07) is 7.12. The van der Waals surface area contributed by atoms with Gasteiger partial charge in [0.05, 0.1) is 11.8 Å². The highest BCUT2D eigenvalue weighted by molar-refractivity contribution is 6.15. The smallest absolute Gasteiger partial charge is 0.250 e. The fraction of sp³-hybridized carbons (Fsp3) is 0.571. The van der Waals surface area contributed by atoms with Gasteiger partial charge in [-0.15, -0.1) is 0 Å². The monoisotopic (exact) mass is 369 g/mol. The van der Waals surface area contributed by atoms with Crippen molar-refractivity contribution in [1.82, 2.24) is 10.2 Å². The molecule has 3 aliphatic heterocycles. The first kappa shape index (κ1) is 18.2. The van der Waals surface area contributed by atoms with Crippen molar-refractivity contribution in [2.75, 3.05) is 5.32 Å². The van der Waals surface area contributed by atoms with E-state index in [9.17, 15) is 14.4 Å². The normalized spacial score (nSPS) is 33.0. The first-order valence-corrected chi connectivity index (χ1v) is 9.88. The number of amides is 3. The second-order valence-corrected chi connectivity index (χ2v) is 8.50. The summed E-state index contributed by atoms with van der Waals surface area (Å²) in [6.45, 7) is 8.06. The first-order valence-electron chi connectivity index (χ1n) is 9.88. The number of para-hydroxylation sites is 1. The zero-order valence-electron chi connectivity index (χ0n) is 16.3. The number of carbonyl (C=O) groups excluding carboxylic acids is 3. The van der Waals surface area contributed by atoms with E-state index in [-0.39, 0.29) is 29.8 Å². The minimum absolute atomic E-state index is 0.133. The molecule has 0 bridgehead atoms. The molecule has 2 saturated heterocycles. The van der Waals surface area contributed by atoms with Crippen molar-refractivity contribution in [1.29, 1.82) is 0 Å². The zero-order chi connectivity index (χ0) is 19.5. The number of nitrogens with zero attached hydrogens (tertiary/aromatic N) is 1. The van der Waals surface area contributed by atoms with Crippen molar-refractivity contribution >= 4 is 23.4 Å². The molecule has 1 aromatic rings. The van der Waals surface area contributed by atoms with Gasteiger partial charge in [-0.2, -0.15) is 0 Å². The lowest BCUT2D eigenvalue weighted by atomic mass is 9.76. The van der Waals surface area contributed by atoms with Gasteiger partial charge < -0.3 is 5.32 Å². The van der Waals surface area contributed by atoms with Crippen molar-refractivity contribution in [3.05, 3.63) is 29.8 Å². The van der Waals surface area contributed by atoms with Crippen LogP contribution in [-0.4, -0.2) is 34.7 Å². The molecule has 3 heterocycles. The average Bonchev–Trinajstić information content (AvgIpc) is 3.19. The molecule has 1 aromatic carbocycles. The molecule has 4 rings (SSSR count). The molecule has 5 atom stereocenters. The topological polar surface area (TPSA) is 78.5 Å². The van der Waals surface area contributed by atoms with E-state index < -0.39 is 17.4 Å². The Morgan fingerprint density at radius 3 is 2.48 bits per heavy atom. The number of nitrogens with one attached hydrogen (secondary N) is 2. The van der Waals surface area contributed by atoms with Crippen LogP contribution in [0.5, 0.6) is 0 Å². The highest BCUT2D eigenvalue weighted by Gasteiger charge is 2.70. The van der Waals surface area contributed by atoms with Crippen LogP contribution in [0.2, 0.25) is 0 Å². The van der Waals surface area contributed by atoms with E-state index in [0.29, 0.717) is 12.3 Å². The summed E-state index contributed by atoms with van der Waals surface area (Å²) in [5.41, 5.74) is 0.347. The third-order valence-corrected chi connectivity index (χ3v) is 6.41. The molecule has 0 aromatic heterocycles. The number of likely N-dealkylation sites (tertiary alicyclic amines) is 1. The molecule has 3 aliphatic rings. The molecular formula is C21H27N3O3. The summed E-state index contributed by atoms with van der Waals surface area (Å²) >= 11 is 0. The van der Waals surface area contributed by atoms with Gasteiger partial charge in [-0.25, -0.2) is 0 Å². The van der Waals surface area contributed by atoms with E-state index in [1.165, 1.54) is 4.90 Å². The predicted molar refractivity (Wildman–Crippen MR) is 102 cm³/mol. The van der Waals surface area contributed by atoms with E-state index in [1.807, 2.05) is 38.1 Å². The summed E-state index contributed by atoms with van der Waals surface area (Å²) < 4.78 is 0. The number of carbonyl (C=O) groups is 3. The summed E-state index contributed by atoms with van der Waals surface area (Å²) in [4.78, 5) is 41.3. The molecule has 2 fully saturated rings. The third-order valence-electron chi connectivity index (χ3n) is 6.41. The maximum atomic E-state index is 13.4. The number of hydrogen-bond donors (Lipinski definition) is 2. The average molecular weight is 369 g/mol. The lowest BCUT2D eigenvalue weighted by Crippen LogP contribution is -2.54. The standard InChI is InChI=1S/C21H27N3O3/c1-5-12(4)24-18(25)16-15(10-11(2)3)23-21(17(16)19(24)26)13-8-6-7-9-14(13)22-20(21)27/h6-9,11-12,15-17,23H,5,10H2,1-4H3,(H,22,27)/t12-,15+,16-,17+,21-/m1/s1. The van der Waals surface area contributed by atoms with Gasteiger partial charge in [-0.05, 0) is 31.7 Å². The maximum Gasteiger partial charge on any atom is 0.250 e. The van der Waals surface area contributed by atoms with E-state index in [1.54, 1.807) is 0 Å². The minimum Gasteiger partial charge on any atom is -0.324 e. The zero-order valence-corrected chi connectivity index (χ0v) is 16.3. The molecule has 0 aliphatic carbocycles. The lowest BCUT2D eigenvalue weighted by Gasteiger charge is -2.31. The molecule has 6 nitrogen and oxygen atoms in total. The molecule has 144 valence electrons. The molecule has 3 amide bonds. The fourth-order valence-electron chi connectivity index (χ4n) is 5.11. The van der Waals surface area contributed by atoms with Gasteiger partial charge in [0.2, 0.25) is 17.7 Å². The lowest BCUT2D eigenvalue weighted by molar-refractivity contribution is -0.145. The van der Waals surface area contributed by atoms with Gasteiger partial charge in [0.25, 0.3) is 0 Å². The molecule has 0 radical (unpaired) electrons. The fourth-order valence-corrected chi connectivity index (χ4v) is 5.11. The SMILES string of the molecule is CC[C@@H](C)N1C(=O)[C@@H]2[C@H](CC(C)C)N[C@@]3(C(=O)Nc4ccccc43)[C@@H]2C1=O. The summed E-state index contributed by atoms with van der Waals surface area (Å²) in [7, 11) is 0. The van der Waals surface area contributed by atoms with Crippen LogP contribution in [-0.2, 0) is 19.9 Å². The largest absolute Gasteiger partial charge is 0.324 e. The Balaban J connectivity index is 1.87. The van der Waals surface area contributed by atoms with Crippen LogP contribution < -0.4 is 10.6 Å². The molecule has 27 heavy (non-hydrogen) atoms. The van der Waals surface area contributed by atoms with E-state index >= 15 is 0 Å². The highest BCUT2D eigenvalue weighted by Crippen LogP contribution is 2.53. The van der Waals surface area contributed by atoms with Crippen LogP contribution in [0.25, 0.3) is 0 Å². The van der Waals surface area contributed by atoms with Crippen LogP contribution in [0.15, 0.2) is 24.3 Å². The Kier molecular flexibility index (Phi) is 4.14. The van der Waals surface area contributed by atoms with Crippen molar-refractivity contribution in [2.45, 2.75) is 58.2 Å². The van der Waals surface area contributed by atoms with Crippen LogP contribution >= 0.6 is 0 Å². The second-order valence-electron chi connectivity index (χ2n) is 8.50. The van der Waals surface area contributed by atoms with E-state index in [2.05, 4.69) is 24.5 Å². The van der Waals surface area contributed by atoms with Crippen molar-refractivity contribution in [3.8, 4) is 0 Å². The van der Waals surface area contributed by atoms with Crippen LogP contribution in [0.1, 0.15) is 46.1 Å². The maximum absolute atomic E-state index is 13.4. The summed E-state index contributed by atoms with van der Waals surface area (Å²) in [5.74, 6) is -1.41. The molecule has 6 heteroatoms. The number of imide groups is 1. The van der Waals surface area contributed by atoms with Crippen molar-refractivity contribution < 1.29 is 14.4 Å². The van der Waals surface area contributed by atoms with E-state index in [4.69, 9.17) is 0 Å². The molecule has 1 spiro atoms. The molecule has 2 N–H and O–H groups in total. The van der Waals surface area contributed by atoms with Crippen molar-refractivity contribution in [3.63, 3.8) is 0 Å². The predicted octanol–water partition coefficient (Wildman–Crippen LogP) is 2.25. The number of rotatable bonds is 4. The summed E-state index contributed by atoms with van der Waals surface area (Å²) in [5, 5.41) is 6.39. The van der Waals surface area contributed by atoms with Crippen LogP contribution in [0.4, 0.5) is 5.69 Å². The third kappa shape index (κ3) is 2.32. The Hall–Kier alpha value is -2.21. The number of hydrogen-bond acceptors (Lipinski definition) is 4. The summed E-state index contributed by atoms with van der Waals surface area (Å²) in [6.07, 6.45) is 1.45. The molecule has 0 unspecified atom stereocenters. The Morgan fingerprint density at radius 1 is 1.11 bits per heavy atom. The highest BCUT2D eigenvalue weighted by atomic mass is 16.2. The van der Waals surface area contributed by atoms with Gasteiger partial charge in [-0.1, -0.05) is 39.0 Å².